The Morgan fingerprint density at radius 1 is 1.25 bits per heavy atom. The minimum Gasteiger partial charge on any atom is -0.483 e. The molecule has 0 aliphatic carbocycles. The number of carbonyl (C=O) groups excluding carboxylic acids is 1. The Morgan fingerprint density at radius 3 is 2.75 bits per heavy atom. The van der Waals surface area contributed by atoms with E-state index in [-0.39, 0.29) is 24.4 Å². The minimum absolute atomic E-state index is 0.156. The van der Waals surface area contributed by atoms with Crippen molar-refractivity contribution in [2.45, 2.75) is 19.0 Å². The topological polar surface area (TPSA) is 78.0 Å². The van der Waals surface area contributed by atoms with E-state index in [0.29, 0.717) is 17.6 Å². The lowest BCUT2D eigenvalue weighted by Crippen LogP contribution is -2.55. The summed E-state index contributed by atoms with van der Waals surface area (Å²) in [5, 5.41) is 10.9. The molecular formula is C20H20FN5O2. The number of nitrogens with one attached hydrogen (secondary N) is 3. The van der Waals surface area contributed by atoms with E-state index >= 15 is 0 Å². The highest BCUT2D eigenvalue weighted by Gasteiger charge is 2.36. The Kier molecular flexibility index (Phi) is 3.94. The third-order valence-electron chi connectivity index (χ3n) is 5.35. The SMILES string of the molecule is C[C@H]1C(=O)NN=C2COc3cc(-c4ccc(F)cc4)c(NC4CNC4)cc3N21. The molecule has 28 heavy (non-hydrogen) atoms. The van der Waals surface area contributed by atoms with Crippen LogP contribution in [0.4, 0.5) is 15.8 Å². The molecule has 5 rings (SSSR count). The molecule has 1 atom stereocenters. The van der Waals surface area contributed by atoms with E-state index in [1.807, 2.05) is 24.0 Å². The van der Waals surface area contributed by atoms with Gasteiger partial charge in [-0.15, -0.1) is 0 Å². The van der Waals surface area contributed by atoms with Crippen LogP contribution >= 0.6 is 0 Å². The molecule has 0 spiro atoms. The van der Waals surface area contributed by atoms with Crippen LogP contribution in [0, 0.1) is 5.82 Å². The summed E-state index contributed by atoms with van der Waals surface area (Å²) in [6.45, 7) is 3.88. The van der Waals surface area contributed by atoms with Crippen LogP contribution in [0.5, 0.6) is 5.75 Å². The maximum absolute atomic E-state index is 13.4. The first-order valence-corrected chi connectivity index (χ1v) is 9.30. The summed E-state index contributed by atoms with van der Waals surface area (Å²) in [5.41, 5.74) is 6.08. The van der Waals surface area contributed by atoms with E-state index in [9.17, 15) is 9.18 Å². The second-order valence-corrected chi connectivity index (χ2v) is 7.21. The molecule has 7 nitrogen and oxygen atoms in total. The van der Waals surface area contributed by atoms with Crippen LogP contribution in [0.3, 0.4) is 0 Å². The zero-order chi connectivity index (χ0) is 19.3. The van der Waals surface area contributed by atoms with Crippen molar-refractivity contribution in [2.75, 3.05) is 29.9 Å². The monoisotopic (exact) mass is 381 g/mol. The molecule has 0 bridgehead atoms. The summed E-state index contributed by atoms with van der Waals surface area (Å²) in [6.07, 6.45) is 0. The number of rotatable bonds is 3. The van der Waals surface area contributed by atoms with Gasteiger partial charge in [0.1, 0.15) is 24.2 Å². The lowest BCUT2D eigenvalue weighted by molar-refractivity contribution is -0.122. The fourth-order valence-corrected chi connectivity index (χ4v) is 3.67. The fraction of sp³-hybridized carbons (Fsp3) is 0.300. The van der Waals surface area contributed by atoms with Gasteiger partial charge in [-0.25, -0.2) is 9.82 Å². The van der Waals surface area contributed by atoms with Crippen molar-refractivity contribution in [2.24, 2.45) is 5.10 Å². The number of anilines is 2. The average molecular weight is 381 g/mol. The summed E-state index contributed by atoms with van der Waals surface area (Å²) < 4.78 is 19.3. The number of nitrogens with zero attached hydrogens (tertiary/aromatic N) is 2. The van der Waals surface area contributed by atoms with Crippen LogP contribution in [-0.4, -0.2) is 43.5 Å². The number of ether oxygens (including phenoxy) is 1. The van der Waals surface area contributed by atoms with Crippen molar-refractivity contribution in [3.63, 3.8) is 0 Å². The molecule has 0 radical (unpaired) electrons. The molecule has 1 saturated heterocycles. The van der Waals surface area contributed by atoms with Gasteiger partial charge < -0.3 is 20.3 Å². The van der Waals surface area contributed by atoms with Gasteiger partial charge in [0.05, 0.1) is 11.7 Å². The zero-order valence-corrected chi connectivity index (χ0v) is 15.3. The lowest BCUT2D eigenvalue weighted by atomic mass is 9.99. The van der Waals surface area contributed by atoms with Gasteiger partial charge in [-0.1, -0.05) is 12.1 Å². The van der Waals surface area contributed by atoms with Crippen molar-refractivity contribution < 1.29 is 13.9 Å². The number of carbonyl (C=O) groups is 1. The Labute approximate surface area is 161 Å². The van der Waals surface area contributed by atoms with Crippen molar-refractivity contribution >= 4 is 23.1 Å². The summed E-state index contributed by atoms with van der Waals surface area (Å²) in [7, 11) is 0. The van der Waals surface area contributed by atoms with Crippen LogP contribution < -0.4 is 25.7 Å². The first-order valence-electron chi connectivity index (χ1n) is 9.30. The molecule has 1 fully saturated rings. The molecular weight excluding hydrogens is 361 g/mol. The quantitative estimate of drug-likeness (QED) is 0.757. The molecule has 3 heterocycles. The number of amidine groups is 1. The molecule has 2 aromatic carbocycles. The van der Waals surface area contributed by atoms with Crippen molar-refractivity contribution in [1.29, 1.82) is 0 Å². The Bertz CT molecular complexity index is 971. The van der Waals surface area contributed by atoms with E-state index in [1.54, 1.807) is 12.1 Å². The molecule has 0 aromatic heterocycles. The Hall–Kier alpha value is -3.13. The van der Waals surface area contributed by atoms with E-state index in [4.69, 9.17) is 4.74 Å². The Balaban J connectivity index is 1.63. The van der Waals surface area contributed by atoms with Gasteiger partial charge in [0.25, 0.3) is 5.91 Å². The normalized spacial score (nSPS) is 20.9. The van der Waals surface area contributed by atoms with Crippen LogP contribution in [0.25, 0.3) is 11.1 Å². The highest BCUT2D eigenvalue weighted by molar-refractivity contribution is 6.10. The molecule has 2 aromatic rings. The third-order valence-corrected chi connectivity index (χ3v) is 5.35. The maximum Gasteiger partial charge on any atom is 0.262 e. The fourth-order valence-electron chi connectivity index (χ4n) is 3.67. The van der Waals surface area contributed by atoms with Gasteiger partial charge in [-0.2, -0.15) is 5.10 Å². The van der Waals surface area contributed by atoms with Gasteiger partial charge in [-0.3, -0.25) is 4.79 Å². The summed E-state index contributed by atoms with van der Waals surface area (Å²) >= 11 is 0. The van der Waals surface area contributed by atoms with E-state index in [1.165, 1.54) is 12.1 Å². The molecule has 1 amide bonds. The summed E-state index contributed by atoms with van der Waals surface area (Å²) in [6, 6.07) is 10.3. The van der Waals surface area contributed by atoms with E-state index in [0.717, 1.165) is 35.6 Å². The van der Waals surface area contributed by atoms with Crippen LogP contribution in [0.1, 0.15) is 6.92 Å². The number of hydrogen-bond donors (Lipinski definition) is 3. The number of hydrogen-bond acceptors (Lipinski definition) is 6. The number of amides is 1. The second kappa shape index (κ2) is 6.49. The lowest BCUT2D eigenvalue weighted by Gasteiger charge is -2.39. The summed E-state index contributed by atoms with van der Waals surface area (Å²) in [5.74, 6) is 0.920. The molecule has 8 heteroatoms. The van der Waals surface area contributed by atoms with Crippen LogP contribution in [0.15, 0.2) is 41.5 Å². The predicted molar refractivity (Wildman–Crippen MR) is 105 cm³/mol. The molecule has 0 unspecified atom stereocenters. The summed E-state index contributed by atoms with van der Waals surface area (Å²) in [4.78, 5) is 14.1. The van der Waals surface area contributed by atoms with Gasteiger partial charge >= 0.3 is 0 Å². The first-order chi connectivity index (χ1) is 13.6. The van der Waals surface area contributed by atoms with E-state index < -0.39 is 0 Å². The van der Waals surface area contributed by atoms with Gasteiger partial charge in [0, 0.05) is 24.3 Å². The number of benzene rings is 2. The van der Waals surface area contributed by atoms with Crippen LogP contribution in [-0.2, 0) is 4.79 Å². The van der Waals surface area contributed by atoms with Crippen LogP contribution in [0.2, 0.25) is 0 Å². The first kappa shape index (κ1) is 17.0. The van der Waals surface area contributed by atoms with Gasteiger partial charge in [0.15, 0.2) is 5.84 Å². The van der Waals surface area contributed by atoms with Gasteiger partial charge in [-0.05, 0) is 36.8 Å². The molecule has 3 aliphatic heterocycles. The number of halogens is 1. The highest BCUT2D eigenvalue weighted by Crippen LogP contribution is 2.42. The number of fused-ring (bicyclic) bond motifs is 3. The predicted octanol–water partition coefficient (Wildman–Crippen LogP) is 1.91. The smallest absolute Gasteiger partial charge is 0.262 e. The molecule has 3 N–H and O–H groups in total. The third kappa shape index (κ3) is 2.77. The molecule has 0 saturated carbocycles. The largest absolute Gasteiger partial charge is 0.483 e. The van der Waals surface area contributed by atoms with Gasteiger partial charge in [0.2, 0.25) is 0 Å². The highest BCUT2D eigenvalue weighted by atomic mass is 19.1. The Morgan fingerprint density at radius 2 is 2.04 bits per heavy atom. The zero-order valence-electron chi connectivity index (χ0n) is 15.3. The van der Waals surface area contributed by atoms with Crippen molar-refractivity contribution in [3.05, 3.63) is 42.2 Å². The molecule has 144 valence electrons. The minimum atomic E-state index is -0.384. The molecule has 3 aliphatic rings. The average Bonchev–Trinajstić information content (AvgIpc) is 2.67. The second-order valence-electron chi connectivity index (χ2n) is 7.21. The standard InChI is InChI=1S/C20H20FN5O2/c1-11-20(27)25-24-19-10-28-18-6-15(12-2-4-13(21)5-3-12)16(7-17(18)26(11)19)23-14-8-22-9-14/h2-7,11,14,22-23H,8-10H2,1H3,(H,25,27)/t11-/m0/s1. The van der Waals surface area contributed by atoms with Crippen molar-refractivity contribution in [3.8, 4) is 16.9 Å². The van der Waals surface area contributed by atoms with E-state index in [2.05, 4.69) is 21.2 Å². The maximum atomic E-state index is 13.4. The number of hydrazone groups is 1. The van der Waals surface area contributed by atoms with Crippen molar-refractivity contribution in [1.82, 2.24) is 10.7 Å².